The number of carbonyl (C=O) groups is 1. The van der Waals surface area contributed by atoms with Crippen LogP contribution >= 0.6 is 15.9 Å². The van der Waals surface area contributed by atoms with E-state index in [9.17, 15) is 25.0 Å². The average molecular weight is 351 g/mol. The van der Waals surface area contributed by atoms with Gasteiger partial charge in [-0.25, -0.2) is 0 Å². The van der Waals surface area contributed by atoms with E-state index >= 15 is 0 Å². The Kier molecular flexibility index (Phi) is 2.80. The molecule has 2 aliphatic rings. The van der Waals surface area contributed by atoms with Crippen molar-refractivity contribution in [1.82, 2.24) is 0 Å². The third kappa shape index (κ3) is 1.75. The molecule has 0 saturated carbocycles. The van der Waals surface area contributed by atoms with Crippen molar-refractivity contribution in [3.05, 3.63) is 73.0 Å². The maximum Gasteiger partial charge on any atom is 0.311 e. The minimum atomic E-state index is -1.86. The van der Waals surface area contributed by atoms with Crippen LogP contribution in [0.15, 0.2) is 41.6 Å². The molecule has 0 spiro atoms. The summed E-state index contributed by atoms with van der Waals surface area (Å²) in [7, 11) is 0. The molecule has 1 atom stereocenters. The molecule has 0 aliphatic heterocycles. The highest BCUT2D eigenvalue weighted by molar-refractivity contribution is 9.10. The van der Waals surface area contributed by atoms with E-state index in [1.54, 1.807) is 24.3 Å². The second-order valence-electron chi connectivity index (χ2n) is 4.75. The van der Waals surface area contributed by atoms with Crippen molar-refractivity contribution in [2.75, 3.05) is 0 Å². The van der Waals surface area contributed by atoms with Crippen LogP contribution in [0.25, 0.3) is 5.57 Å². The fraction of sp³-hybridized carbons (Fsp3) is 0.154. The number of alkyl halides is 1. The molecule has 0 saturated heterocycles. The lowest BCUT2D eigenvalue weighted by Gasteiger charge is -2.23. The predicted octanol–water partition coefficient (Wildman–Crippen LogP) is 2.57. The third-order valence-corrected chi connectivity index (χ3v) is 4.55. The van der Waals surface area contributed by atoms with Gasteiger partial charge < -0.3 is 0 Å². The number of Topliss-reactive ketones (excluding diaryl/α,β-unsaturated/α-hetero) is 1. The maximum atomic E-state index is 12.3. The Morgan fingerprint density at radius 3 is 2.33 bits per heavy atom. The van der Waals surface area contributed by atoms with Crippen molar-refractivity contribution in [2.24, 2.45) is 0 Å². The maximum absolute atomic E-state index is 12.3. The van der Waals surface area contributed by atoms with E-state index in [2.05, 4.69) is 15.9 Å². The number of hydrogen-bond acceptors (Lipinski definition) is 5. The lowest BCUT2D eigenvalue weighted by molar-refractivity contribution is -0.526. The Morgan fingerprint density at radius 1 is 1.14 bits per heavy atom. The minimum Gasteiger partial charge on any atom is -0.289 e. The van der Waals surface area contributed by atoms with Crippen LogP contribution in [0.1, 0.15) is 22.3 Å². The molecule has 0 radical (unpaired) electrons. The van der Waals surface area contributed by atoms with Crippen LogP contribution < -0.4 is 0 Å². The third-order valence-electron chi connectivity index (χ3n) is 3.59. The summed E-state index contributed by atoms with van der Waals surface area (Å²) < 4.78 is -1.86. The standard InChI is InChI=1S/C13H7BrN2O5/c14-13(16(20)21)6-7(15(18)19)5-10-11(13)8-3-1-2-4-9(8)12(10)17/h1-5H,6H2. The van der Waals surface area contributed by atoms with Gasteiger partial charge in [0, 0.05) is 38.1 Å². The molecule has 8 heteroatoms. The molecule has 1 aromatic rings. The number of halogens is 1. The average Bonchev–Trinajstić information content (AvgIpc) is 2.73. The highest BCUT2D eigenvalue weighted by Crippen LogP contribution is 2.50. The van der Waals surface area contributed by atoms with Crippen molar-refractivity contribution < 1.29 is 14.6 Å². The Labute approximate surface area is 126 Å². The Balaban J connectivity index is 2.33. The van der Waals surface area contributed by atoms with Gasteiger partial charge in [0.15, 0.2) is 5.78 Å². The molecule has 7 nitrogen and oxygen atoms in total. The molecular formula is C13H7BrN2O5. The molecule has 0 heterocycles. The van der Waals surface area contributed by atoms with E-state index in [0.29, 0.717) is 11.1 Å². The first-order valence-electron chi connectivity index (χ1n) is 5.93. The normalized spacial score (nSPS) is 23.5. The zero-order valence-electron chi connectivity index (χ0n) is 10.4. The number of fused-ring (bicyclic) bond motifs is 2. The Morgan fingerprint density at radius 2 is 1.76 bits per heavy atom. The summed E-state index contributed by atoms with van der Waals surface area (Å²) in [6.07, 6.45) is 0.716. The Bertz CT molecular complexity index is 783. The van der Waals surface area contributed by atoms with E-state index in [-0.39, 0.29) is 16.8 Å². The number of benzene rings is 1. The quantitative estimate of drug-likeness (QED) is 0.353. The highest BCUT2D eigenvalue weighted by Gasteiger charge is 2.55. The van der Waals surface area contributed by atoms with Crippen molar-refractivity contribution in [2.45, 2.75) is 10.9 Å². The second-order valence-corrected chi connectivity index (χ2v) is 6.06. The smallest absolute Gasteiger partial charge is 0.289 e. The number of nitrogens with zero attached hydrogens (tertiary/aromatic N) is 2. The first kappa shape index (κ1) is 13.6. The second kappa shape index (κ2) is 4.32. The molecular weight excluding hydrogens is 344 g/mol. The van der Waals surface area contributed by atoms with Crippen LogP contribution in [0.4, 0.5) is 0 Å². The van der Waals surface area contributed by atoms with Crippen molar-refractivity contribution >= 4 is 27.3 Å². The van der Waals surface area contributed by atoms with Crippen molar-refractivity contribution in [3.63, 3.8) is 0 Å². The zero-order valence-corrected chi connectivity index (χ0v) is 12.0. The van der Waals surface area contributed by atoms with E-state index in [1.165, 1.54) is 0 Å². The van der Waals surface area contributed by atoms with Crippen LogP contribution in [0.5, 0.6) is 0 Å². The monoisotopic (exact) mass is 350 g/mol. The summed E-state index contributed by atoms with van der Waals surface area (Å²) in [6.45, 7) is 0. The fourth-order valence-corrected chi connectivity index (χ4v) is 3.39. The summed E-state index contributed by atoms with van der Waals surface area (Å²) in [5.74, 6) is -0.426. The summed E-state index contributed by atoms with van der Waals surface area (Å²) in [4.78, 5) is 33.5. The van der Waals surface area contributed by atoms with E-state index in [1.807, 2.05) is 0 Å². The molecule has 106 valence electrons. The molecule has 1 unspecified atom stereocenters. The molecule has 0 N–H and O–H groups in total. The molecule has 0 aromatic heterocycles. The molecule has 0 bridgehead atoms. The van der Waals surface area contributed by atoms with Gasteiger partial charge in [-0.15, -0.1) is 0 Å². The predicted molar refractivity (Wildman–Crippen MR) is 76.0 cm³/mol. The van der Waals surface area contributed by atoms with Crippen LogP contribution in [-0.4, -0.2) is 20.1 Å². The Hall–Kier alpha value is -2.35. The number of hydrogen-bond donors (Lipinski definition) is 0. The van der Waals surface area contributed by atoms with Gasteiger partial charge in [-0.3, -0.25) is 25.0 Å². The van der Waals surface area contributed by atoms with Gasteiger partial charge in [-0.05, 0) is 5.56 Å². The van der Waals surface area contributed by atoms with Crippen LogP contribution in [0.3, 0.4) is 0 Å². The van der Waals surface area contributed by atoms with E-state index in [0.717, 1.165) is 6.08 Å². The molecule has 3 rings (SSSR count). The van der Waals surface area contributed by atoms with Crippen LogP contribution in [-0.2, 0) is 0 Å². The number of carbonyl (C=O) groups excluding carboxylic acids is 1. The molecule has 1 aromatic carbocycles. The summed E-state index contributed by atoms with van der Waals surface area (Å²) in [5.41, 5.74) is 0.628. The number of ketones is 1. The lowest BCUT2D eigenvalue weighted by Crippen LogP contribution is -2.36. The topological polar surface area (TPSA) is 103 Å². The van der Waals surface area contributed by atoms with Gasteiger partial charge in [-0.1, -0.05) is 24.3 Å². The molecule has 0 fully saturated rings. The van der Waals surface area contributed by atoms with Crippen LogP contribution in [0, 0.1) is 20.2 Å². The van der Waals surface area contributed by atoms with E-state index < -0.39 is 26.5 Å². The SMILES string of the molecule is O=C1C2=C(c3ccccc31)C(Br)([N+](=O)[O-])CC([N+](=O)[O-])=C2. The molecule has 21 heavy (non-hydrogen) atoms. The molecule has 0 amide bonds. The summed E-state index contributed by atoms with van der Waals surface area (Å²) in [5, 5.41) is 22.5. The number of allylic oxidation sites excluding steroid dienone is 2. The molecule has 2 aliphatic carbocycles. The lowest BCUT2D eigenvalue weighted by atomic mass is 9.90. The van der Waals surface area contributed by atoms with Gasteiger partial charge in [0.1, 0.15) is 6.42 Å². The van der Waals surface area contributed by atoms with Gasteiger partial charge in [0.2, 0.25) is 0 Å². The van der Waals surface area contributed by atoms with E-state index in [4.69, 9.17) is 0 Å². The highest BCUT2D eigenvalue weighted by atomic mass is 79.9. The zero-order chi connectivity index (χ0) is 15.4. The van der Waals surface area contributed by atoms with Gasteiger partial charge in [0.25, 0.3) is 5.70 Å². The number of nitro groups is 2. The van der Waals surface area contributed by atoms with Crippen LogP contribution in [0.2, 0.25) is 0 Å². The number of rotatable bonds is 2. The van der Waals surface area contributed by atoms with Crippen molar-refractivity contribution in [3.8, 4) is 0 Å². The van der Waals surface area contributed by atoms with Gasteiger partial charge in [0.05, 0.1) is 10.5 Å². The fourth-order valence-electron chi connectivity index (χ4n) is 2.67. The summed E-state index contributed by atoms with van der Waals surface area (Å²) >= 11 is 3.02. The van der Waals surface area contributed by atoms with Gasteiger partial charge in [-0.2, -0.15) is 0 Å². The van der Waals surface area contributed by atoms with Gasteiger partial charge >= 0.3 is 4.45 Å². The summed E-state index contributed by atoms with van der Waals surface area (Å²) in [6, 6.07) is 6.49. The first-order valence-corrected chi connectivity index (χ1v) is 6.73. The minimum absolute atomic E-state index is 0.0164. The first-order chi connectivity index (χ1) is 9.86. The largest absolute Gasteiger partial charge is 0.311 e. The van der Waals surface area contributed by atoms with Crippen molar-refractivity contribution in [1.29, 1.82) is 0 Å².